The van der Waals surface area contributed by atoms with Crippen molar-refractivity contribution in [3.63, 3.8) is 0 Å². The van der Waals surface area contributed by atoms with E-state index in [-0.39, 0.29) is 12.0 Å². The number of rotatable bonds is 4. The fraction of sp³-hybridized carbons (Fsp3) is 0.500. The lowest BCUT2D eigenvalue weighted by atomic mass is 9.83. The topological polar surface area (TPSA) is 49.2 Å². The summed E-state index contributed by atoms with van der Waals surface area (Å²) in [7, 11) is 0. The van der Waals surface area contributed by atoms with Gasteiger partial charge < -0.3 is 10.0 Å². The molecule has 21 heavy (non-hydrogen) atoms. The quantitative estimate of drug-likeness (QED) is 0.943. The number of hydrogen-bond donors (Lipinski definition) is 1. The highest BCUT2D eigenvalue weighted by Crippen LogP contribution is 2.33. The van der Waals surface area contributed by atoms with Crippen molar-refractivity contribution in [3.8, 4) is 0 Å². The predicted molar refractivity (Wildman–Crippen MR) is 85.8 cm³/mol. The van der Waals surface area contributed by atoms with Crippen LogP contribution in [-0.2, 0) is 6.42 Å². The minimum atomic E-state index is -0.0104. The highest BCUT2D eigenvalue weighted by atomic mass is 32.1. The second-order valence-corrected chi connectivity index (χ2v) is 7.18. The molecule has 1 atom stereocenters. The van der Waals surface area contributed by atoms with Crippen LogP contribution in [-0.4, -0.2) is 35.0 Å². The van der Waals surface area contributed by atoms with Crippen molar-refractivity contribution in [1.82, 2.24) is 10.2 Å². The number of hydrogen-bond acceptors (Lipinski definition) is 5. The van der Waals surface area contributed by atoms with Gasteiger partial charge in [-0.15, -0.1) is 10.2 Å². The molecule has 0 amide bonds. The lowest BCUT2D eigenvalue weighted by Crippen LogP contribution is -2.43. The number of benzene rings is 1. The van der Waals surface area contributed by atoms with Crippen molar-refractivity contribution in [2.75, 3.05) is 24.6 Å². The van der Waals surface area contributed by atoms with Crippen molar-refractivity contribution in [1.29, 1.82) is 0 Å². The van der Waals surface area contributed by atoms with E-state index in [2.05, 4.69) is 46.3 Å². The zero-order valence-corrected chi connectivity index (χ0v) is 13.1. The average Bonchev–Trinajstić information content (AvgIpc) is 2.97. The molecule has 5 heteroatoms. The molecule has 0 spiro atoms. The molecule has 3 rings (SSSR count). The largest absolute Gasteiger partial charge is 0.396 e. The fourth-order valence-corrected chi connectivity index (χ4v) is 3.72. The highest BCUT2D eigenvalue weighted by Gasteiger charge is 2.31. The third-order valence-corrected chi connectivity index (χ3v) is 5.07. The van der Waals surface area contributed by atoms with Gasteiger partial charge in [-0.05, 0) is 18.4 Å². The number of piperidine rings is 1. The number of anilines is 1. The van der Waals surface area contributed by atoms with Crippen LogP contribution in [0.5, 0.6) is 0 Å². The van der Waals surface area contributed by atoms with Gasteiger partial charge >= 0.3 is 0 Å². The molecular weight excluding hydrogens is 282 g/mol. The zero-order valence-electron chi connectivity index (χ0n) is 12.3. The minimum absolute atomic E-state index is 0.0104. The molecule has 1 saturated heterocycles. The van der Waals surface area contributed by atoms with E-state index in [9.17, 15) is 5.11 Å². The first-order valence-corrected chi connectivity index (χ1v) is 8.22. The molecule has 1 N–H and O–H groups in total. The molecule has 0 aliphatic carbocycles. The van der Waals surface area contributed by atoms with Crippen molar-refractivity contribution in [3.05, 3.63) is 40.9 Å². The van der Waals surface area contributed by atoms with Crippen LogP contribution < -0.4 is 4.90 Å². The monoisotopic (exact) mass is 303 g/mol. The normalized spacial score (nSPS) is 22.5. The van der Waals surface area contributed by atoms with Crippen molar-refractivity contribution < 1.29 is 5.11 Å². The first-order valence-electron chi connectivity index (χ1n) is 7.41. The van der Waals surface area contributed by atoms with E-state index in [0.29, 0.717) is 0 Å². The maximum absolute atomic E-state index is 9.56. The molecule has 1 aliphatic heterocycles. The summed E-state index contributed by atoms with van der Waals surface area (Å²) in [4.78, 5) is 2.27. The summed E-state index contributed by atoms with van der Waals surface area (Å²) in [5.41, 5.74) is 1.25. The molecular formula is C16H21N3OS. The van der Waals surface area contributed by atoms with Gasteiger partial charge in [0, 0.05) is 24.9 Å². The molecule has 1 aromatic carbocycles. The molecule has 0 radical (unpaired) electrons. The van der Waals surface area contributed by atoms with Crippen molar-refractivity contribution >= 4 is 16.5 Å². The smallest absolute Gasteiger partial charge is 0.208 e. The summed E-state index contributed by atoms with van der Waals surface area (Å²) in [6.07, 6.45) is 3.02. The first kappa shape index (κ1) is 14.5. The highest BCUT2D eigenvalue weighted by molar-refractivity contribution is 7.15. The average molecular weight is 303 g/mol. The second-order valence-electron chi connectivity index (χ2n) is 6.13. The lowest BCUT2D eigenvalue weighted by Gasteiger charge is -2.38. The Bertz CT molecular complexity index is 586. The van der Waals surface area contributed by atoms with E-state index in [1.165, 1.54) is 5.56 Å². The molecule has 4 nitrogen and oxygen atoms in total. The molecule has 1 fully saturated rings. The Morgan fingerprint density at radius 3 is 2.86 bits per heavy atom. The van der Waals surface area contributed by atoms with Gasteiger partial charge in [-0.25, -0.2) is 0 Å². The molecule has 0 saturated carbocycles. The van der Waals surface area contributed by atoms with Crippen LogP contribution in [0.4, 0.5) is 5.13 Å². The van der Waals surface area contributed by atoms with Gasteiger partial charge in [0.1, 0.15) is 5.01 Å². The molecule has 1 aromatic heterocycles. The lowest BCUT2D eigenvalue weighted by molar-refractivity contribution is 0.123. The standard InChI is InChI=1S/C16H21N3OS/c1-16(12-20)8-5-9-19(11-16)15-18-17-14(21-15)10-13-6-3-2-4-7-13/h2-4,6-7,20H,5,8-12H2,1H3. The number of nitrogens with zero attached hydrogens (tertiary/aromatic N) is 3. The summed E-state index contributed by atoms with van der Waals surface area (Å²) in [5.74, 6) is 0. The minimum Gasteiger partial charge on any atom is -0.396 e. The van der Waals surface area contributed by atoms with Crippen LogP contribution in [0.1, 0.15) is 30.3 Å². The Labute approximate surface area is 129 Å². The summed E-state index contributed by atoms with van der Waals surface area (Å²) in [5, 5.41) is 20.3. The maximum atomic E-state index is 9.56. The van der Waals surface area contributed by atoms with Crippen LogP contribution >= 0.6 is 11.3 Å². The van der Waals surface area contributed by atoms with Gasteiger partial charge in [0.05, 0.1) is 6.61 Å². The molecule has 1 aliphatic rings. The van der Waals surface area contributed by atoms with Gasteiger partial charge in [0.2, 0.25) is 5.13 Å². The third-order valence-electron chi connectivity index (χ3n) is 4.09. The van der Waals surface area contributed by atoms with Crippen LogP contribution in [0.3, 0.4) is 0 Å². The van der Waals surface area contributed by atoms with Gasteiger partial charge in [-0.2, -0.15) is 0 Å². The Morgan fingerprint density at radius 2 is 2.10 bits per heavy atom. The number of aromatic nitrogens is 2. The maximum Gasteiger partial charge on any atom is 0.208 e. The van der Waals surface area contributed by atoms with Gasteiger partial charge in [-0.1, -0.05) is 48.6 Å². The van der Waals surface area contributed by atoms with Crippen molar-refractivity contribution in [2.24, 2.45) is 5.41 Å². The second kappa shape index (κ2) is 6.12. The van der Waals surface area contributed by atoms with Crippen molar-refractivity contribution in [2.45, 2.75) is 26.2 Å². The first-order chi connectivity index (χ1) is 10.2. The number of aliphatic hydroxyl groups excluding tert-OH is 1. The zero-order chi connectivity index (χ0) is 14.7. The van der Waals surface area contributed by atoms with Gasteiger partial charge in [-0.3, -0.25) is 0 Å². The predicted octanol–water partition coefficient (Wildman–Crippen LogP) is 2.73. The molecule has 112 valence electrons. The fourth-order valence-electron chi connectivity index (χ4n) is 2.82. The summed E-state index contributed by atoms with van der Waals surface area (Å²) in [6, 6.07) is 10.4. The van der Waals surface area contributed by atoms with Gasteiger partial charge in [0.25, 0.3) is 0 Å². The Kier molecular flexibility index (Phi) is 4.22. The third kappa shape index (κ3) is 3.41. The SMILES string of the molecule is CC1(CO)CCCN(c2nnc(Cc3ccccc3)s2)C1. The van der Waals surface area contributed by atoms with Crippen LogP contribution in [0.15, 0.2) is 30.3 Å². The van der Waals surface area contributed by atoms with E-state index >= 15 is 0 Å². The van der Waals surface area contributed by atoms with E-state index in [1.54, 1.807) is 11.3 Å². The van der Waals surface area contributed by atoms with E-state index in [0.717, 1.165) is 42.5 Å². The van der Waals surface area contributed by atoms with E-state index < -0.39 is 0 Å². The van der Waals surface area contributed by atoms with E-state index in [4.69, 9.17) is 0 Å². The summed E-state index contributed by atoms with van der Waals surface area (Å²) < 4.78 is 0. The van der Waals surface area contributed by atoms with Crippen LogP contribution in [0, 0.1) is 5.41 Å². The van der Waals surface area contributed by atoms with Crippen LogP contribution in [0.2, 0.25) is 0 Å². The number of aliphatic hydroxyl groups is 1. The Hall–Kier alpha value is -1.46. The Morgan fingerprint density at radius 1 is 1.29 bits per heavy atom. The van der Waals surface area contributed by atoms with Crippen LogP contribution in [0.25, 0.3) is 0 Å². The molecule has 1 unspecified atom stereocenters. The van der Waals surface area contributed by atoms with Gasteiger partial charge in [0.15, 0.2) is 0 Å². The molecule has 2 heterocycles. The summed E-state index contributed by atoms with van der Waals surface area (Å²) in [6.45, 7) is 4.25. The summed E-state index contributed by atoms with van der Waals surface area (Å²) >= 11 is 1.67. The molecule has 2 aromatic rings. The van der Waals surface area contributed by atoms with E-state index in [1.807, 2.05) is 6.07 Å². The molecule has 0 bridgehead atoms. The Balaban J connectivity index is 1.70.